The molecule has 5 heteroatoms. The standard InChI is InChI=1S/C20H27FN2O2/c1-15(13-16-5-4-6-18(21)14-16)19(24)23-11-7-17(8-12-23)20(25)22-9-2-3-10-22/h4-6,14-15,17H,2-3,7-13H2,1H3/t15-/m1/s1. The smallest absolute Gasteiger partial charge is 0.225 e. The van der Waals surface area contributed by atoms with Crippen LogP contribution in [0.15, 0.2) is 24.3 Å². The molecule has 2 heterocycles. The first kappa shape index (κ1) is 17.9. The summed E-state index contributed by atoms with van der Waals surface area (Å²) in [5, 5.41) is 0. The molecule has 136 valence electrons. The maximum absolute atomic E-state index is 13.3. The van der Waals surface area contributed by atoms with E-state index in [0.29, 0.717) is 19.5 Å². The van der Waals surface area contributed by atoms with Crippen LogP contribution >= 0.6 is 0 Å². The number of hydrogen-bond acceptors (Lipinski definition) is 2. The van der Waals surface area contributed by atoms with Gasteiger partial charge in [0, 0.05) is 38.0 Å². The van der Waals surface area contributed by atoms with E-state index in [9.17, 15) is 14.0 Å². The quantitative estimate of drug-likeness (QED) is 0.841. The van der Waals surface area contributed by atoms with Gasteiger partial charge in [0.15, 0.2) is 0 Å². The van der Waals surface area contributed by atoms with Crippen molar-refractivity contribution in [1.82, 2.24) is 9.80 Å². The summed E-state index contributed by atoms with van der Waals surface area (Å²) in [5.74, 6) is 0.0143. The molecule has 4 nitrogen and oxygen atoms in total. The average Bonchev–Trinajstić information content (AvgIpc) is 3.15. The predicted molar refractivity (Wildman–Crippen MR) is 94.4 cm³/mol. The zero-order valence-corrected chi connectivity index (χ0v) is 14.9. The number of nitrogens with zero attached hydrogens (tertiary/aromatic N) is 2. The lowest BCUT2D eigenvalue weighted by Gasteiger charge is -2.34. The zero-order chi connectivity index (χ0) is 17.8. The third kappa shape index (κ3) is 4.39. The van der Waals surface area contributed by atoms with E-state index >= 15 is 0 Å². The number of benzene rings is 1. The first-order valence-electron chi connectivity index (χ1n) is 9.36. The Morgan fingerprint density at radius 3 is 2.44 bits per heavy atom. The number of carbonyl (C=O) groups excluding carboxylic acids is 2. The largest absolute Gasteiger partial charge is 0.342 e. The maximum atomic E-state index is 13.3. The minimum absolute atomic E-state index is 0.0701. The molecule has 25 heavy (non-hydrogen) atoms. The molecule has 0 bridgehead atoms. The highest BCUT2D eigenvalue weighted by atomic mass is 19.1. The summed E-state index contributed by atoms with van der Waals surface area (Å²) in [6.45, 7) is 4.98. The molecule has 2 amide bonds. The van der Waals surface area contributed by atoms with Gasteiger partial charge in [-0.1, -0.05) is 19.1 Å². The van der Waals surface area contributed by atoms with Crippen LogP contribution in [0.5, 0.6) is 0 Å². The Balaban J connectivity index is 1.49. The zero-order valence-electron chi connectivity index (χ0n) is 14.9. The van der Waals surface area contributed by atoms with E-state index in [-0.39, 0.29) is 29.5 Å². The van der Waals surface area contributed by atoms with Crippen molar-refractivity contribution in [2.45, 2.75) is 39.0 Å². The summed E-state index contributed by atoms with van der Waals surface area (Å²) in [4.78, 5) is 29.0. The third-order valence-electron chi connectivity index (χ3n) is 5.43. The van der Waals surface area contributed by atoms with Crippen LogP contribution in [0.4, 0.5) is 4.39 Å². The van der Waals surface area contributed by atoms with Crippen molar-refractivity contribution in [3.8, 4) is 0 Å². The summed E-state index contributed by atoms with van der Waals surface area (Å²) in [5.41, 5.74) is 0.847. The molecule has 1 aromatic carbocycles. The molecule has 0 spiro atoms. The average molecular weight is 346 g/mol. The molecule has 0 unspecified atom stereocenters. The molecule has 0 N–H and O–H groups in total. The molecule has 0 radical (unpaired) electrons. The lowest BCUT2D eigenvalue weighted by atomic mass is 9.93. The Morgan fingerprint density at radius 2 is 1.80 bits per heavy atom. The van der Waals surface area contributed by atoms with Gasteiger partial charge in [-0.2, -0.15) is 0 Å². The molecule has 3 rings (SSSR count). The van der Waals surface area contributed by atoms with Crippen molar-refractivity contribution in [1.29, 1.82) is 0 Å². The summed E-state index contributed by atoms with van der Waals surface area (Å²) in [6.07, 6.45) is 4.28. The van der Waals surface area contributed by atoms with Crippen molar-refractivity contribution in [3.63, 3.8) is 0 Å². The van der Waals surface area contributed by atoms with Gasteiger partial charge in [-0.05, 0) is 49.8 Å². The molecular weight excluding hydrogens is 319 g/mol. The summed E-state index contributed by atoms with van der Waals surface area (Å²) >= 11 is 0. The Morgan fingerprint density at radius 1 is 1.12 bits per heavy atom. The van der Waals surface area contributed by atoms with Crippen LogP contribution in [-0.4, -0.2) is 47.8 Å². The molecule has 1 atom stereocenters. The third-order valence-corrected chi connectivity index (χ3v) is 5.43. The molecule has 0 aliphatic carbocycles. The Kier molecular flexibility index (Phi) is 5.71. The Hall–Kier alpha value is -1.91. The number of rotatable bonds is 4. The van der Waals surface area contributed by atoms with Crippen molar-refractivity contribution < 1.29 is 14.0 Å². The van der Waals surface area contributed by atoms with E-state index in [2.05, 4.69) is 0 Å². The van der Waals surface area contributed by atoms with Crippen LogP contribution in [0.2, 0.25) is 0 Å². The number of hydrogen-bond donors (Lipinski definition) is 0. The molecule has 2 aliphatic rings. The fourth-order valence-electron chi connectivity index (χ4n) is 3.96. The highest BCUT2D eigenvalue weighted by Crippen LogP contribution is 2.23. The van der Waals surface area contributed by atoms with Crippen LogP contribution in [-0.2, 0) is 16.0 Å². The molecule has 0 aromatic heterocycles. The fraction of sp³-hybridized carbons (Fsp3) is 0.600. The molecule has 2 fully saturated rings. The maximum Gasteiger partial charge on any atom is 0.225 e. The van der Waals surface area contributed by atoms with Gasteiger partial charge in [-0.3, -0.25) is 9.59 Å². The fourth-order valence-corrected chi connectivity index (χ4v) is 3.96. The first-order chi connectivity index (χ1) is 12.0. The van der Waals surface area contributed by atoms with Crippen molar-refractivity contribution in [2.24, 2.45) is 11.8 Å². The molecule has 1 aromatic rings. The van der Waals surface area contributed by atoms with Gasteiger partial charge in [-0.25, -0.2) is 4.39 Å². The minimum atomic E-state index is -0.265. The van der Waals surface area contributed by atoms with Crippen molar-refractivity contribution >= 4 is 11.8 Å². The van der Waals surface area contributed by atoms with Crippen LogP contribution in [0, 0.1) is 17.7 Å². The second kappa shape index (κ2) is 7.98. The van der Waals surface area contributed by atoms with Gasteiger partial charge in [0.2, 0.25) is 11.8 Å². The van der Waals surface area contributed by atoms with Crippen LogP contribution < -0.4 is 0 Å². The second-order valence-corrected chi connectivity index (χ2v) is 7.37. The Labute approximate surface area is 149 Å². The minimum Gasteiger partial charge on any atom is -0.342 e. The van der Waals surface area contributed by atoms with Gasteiger partial charge in [-0.15, -0.1) is 0 Å². The van der Waals surface area contributed by atoms with E-state index in [0.717, 1.165) is 44.3 Å². The van der Waals surface area contributed by atoms with Gasteiger partial charge in [0.05, 0.1) is 0 Å². The summed E-state index contributed by atoms with van der Waals surface area (Å²) in [6, 6.07) is 6.44. The SMILES string of the molecule is C[C@H](Cc1cccc(F)c1)C(=O)N1CCC(C(=O)N2CCCC2)CC1. The van der Waals surface area contributed by atoms with Crippen LogP contribution in [0.1, 0.15) is 38.2 Å². The molecule has 2 aliphatic heterocycles. The number of piperidine rings is 1. The van der Waals surface area contributed by atoms with Gasteiger partial charge in [0.25, 0.3) is 0 Å². The monoisotopic (exact) mass is 346 g/mol. The number of carbonyl (C=O) groups is 2. The normalized spacial score (nSPS) is 19.9. The van der Waals surface area contributed by atoms with Crippen molar-refractivity contribution in [2.75, 3.05) is 26.2 Å². The number of likely N-dealkylation sites (tertiary alicyclic amines) is 2. The number of amides is 2. The highest BCUT2D eigenvalue weighted by Gasteiger charge is 2.32. The van der Waals surface area contributed by atoms with E-state index in [1.54, 1.807) is 6.07 Å². The summed E-state index contributed by atoms with van der Waals surface area (Å²) < 4.78 is 13.3. The molecule has 2 saturated heterocycles. The molecule has 0 saturated carbocycles. The summed E-state index contributed by atoms with van der Waals surface area (Å²) in [7, 11) is 0. The van der Waals surface area contributed by atoms with E-state index < -0.39 is 0 Å². The predicted octanol–water partition coefficient (Wildman–Crippen LogP) is 2.87. The van der Waals surface area contributed by atoms with Gasteiger partial charge in [0.1, 0.15) is 5.82 Å². The van der Waals surface area contributed by atoms with Crippen LogP contribution in [0.25, 0.3) is 0 Å². The van der Waals surface area contributed by atoms with Crippen molar-refractivity contribution in [3.05, 3.63) is 35.6 Å². The second-order valence-electron chi connectivity index (χ2n) is 7.37. The first-order valence-corrected chi connectivity index (χ1v) is 9.36. The van der Waals surface area contributed by atoms with Gasteiger partial charge >= 0.3 is 0 Å². The van der Waals surface area contributed by atoms with Gasteiger partial charge < -0.3 is 9.80 Å². The number of halogens is 1. The molecular formula is C20H27FN2O2. The highest BCUT2D eigenvalue weighted by molar-refractivity contribution is 5.81. The topological polar surface area (TPSA) is 40.6 Å². The van der Waals surface area contributed by atoms with E-state index in [1.165, 1.54) is 12.1 Å². The Bertz CT molecular complexity index is 620. The van der Waals surface area contributed by atoms with Crippen LogP contribution in [0.3, 0.4) is 0 Å². The van der Waals surface area contributed by atoms with E-state index in [4.69, 9.17) is 0 Å². The lowest BCUT2D eigenvalue weighted by Crippen LogP contribution is -2.45. The van der Waals surface area contributed by atoms with E-state index in [1.807, 2.05) is 22.8 Å². The lowest BCUT2D eigenvalue weighted by molar-refractivity contribution is -0.141.